The summed E-state index contributed by atoms with van der Waals surface area (Å²) in [4.78, 5) is 0. The molecule has 0 bridgehead atoms. The van der Waals surface area contributed by atoms with Crippen molar-refractivity contribution in [2.45, 2.75) is 13.0 Å². The van der Waals surface area contributed by atoms with E-state index in [-0.39, 0.29) is 6.10 Å². The van der Waals surface area contributed by atoms with Gasteiger partial charge < -0.3 is 4.74 Å². The summed E-state index contributed by atoms with van der Waals surface area (Å²) in [6.45, 7) is 1.94. The molecule has 1 unspecified atom stereocenters. The van der Waals surface area contributed by atoms with Crippen LogP contribution < -0.4 is 0 Å². The average Bonchev–Trinajstić information content (AvgIpc) is 2.77. The average molecular weight is 271 g/mol. The van der Waals surface area contributed by atoms with Crippen molar-refractivity contribution in [2.24, 2.45) is 0 Å². The number of halogens is 2. The summed E-state index contributed by atoms with van der Waals surface area (Å²) in [6.07, 6.45) is 1.62. The summed E-state index contributed by atoms with van der Waals surface area (Å²) in [5.41, 5.74) is 1.59. The first-order valence-corrected chi connectivity index (χ1v) is 5.92. The monoisotopic (exact) mass is 270 g/mol. The number of hydrogen-bond donors (Lipinski definition) is 0. The predicted octanol–water partition coefficient (Wildman–Crippen LogP) is 3.89. The number of rotatable bonds is 3. The molecule has 0 amide bonds. The Balaban J connectivity index is 2.58. The minimum atomic E-state index is -0.0789. The maximum absolute atomic E-state index is 6.15. The first kappa shape index (κ1) is 12.4. The normalized spacial score (nSPS) is 12.7. The molecule has 0 fully saturated rings. The molecule has 0 aliphatic carbocycles. The number of benzene rings is 1. The first-order valence-electron chi connectivity index (χ1n) is 5.16. The standard InChI is InChI=1S/C12H12Cl2N2O/c1-8(17-2)11-6-7-15-16(11)12-9(13)4-3-5-10(12)14/h3-8H,1-2H3. The number of aromatic nitrogens is 2. The van der Waals surface area contributed by atoms with Gasteiger partial charge >= 0.3 is 0 Å². The van der Waals surface area contributed by atoms with Crippen LogP contribution >= 0.6 is 23.2 Å². The lowest BCUT2D eigenvalue weighted by Crippen LogP contribution is -2.07. The second-order valence-corrected chi connectivity index (χ2v) is 4.43. The van der Waals surface area contributed by atoms with Gasteiger partial charge in [-0.2, -0.15) is 5.10 Å². The maximum atomic E-state index is 6.15. The fourth-order valence-electron chi connectivity index (χ4n) is 1.62. The molecule has 2 aromatic rings. The van der Waals surface area contributed by atoms with Crippen molar-refractivity contribution in [3.05, 3.63) is 46.2 Å². The van der Waals surface area contributed by atoms with Crippen LogP contribution in [-0.2, 0) is 4.74 Å². The summed E-state index contributed by atoms with van der Waals surface area (Å²) in [5, 5.41) is 5.37. The van der Waals surface area contributed by atoms with Crippen LogP contribution in [0.3, 0.4) is 0 Å². The second kappa shape index (κ2) is 5.08. The largest absolute Gasteiger partial charge is 0.375 e. The molecule has 90 valence electrons. The zero-order valence-corrected chi connectivity index (χ0v) is 11.0. The smallest absolute Gasteiger partial charge is 0.102 e. The lowest BCUT2D eigenvalue weighted by molar-refractivity contribution is 0.114. The molecule has 17 heavy (non-hydrogen) atoms. The van der Waals surface area contributed by atoms with Crippen LogP contribution in [-0.4, -0.2) is 16.9 Å². The van der Waals surface area contributed by atoms with Crippen LogP contribution in [0.2, 0.25) is 10.0 Å². The minimum Gasteiger partial charge on any atom is -0.375 e. The molecule has 2 rings (SSSR count). The molecule has 1 aromatic carbocycles. The van der Waals surface area contributed by atoms with Gasteiger partial charge in [0.2, 0.25) is 0 Å². The highest BCUT2D eigenvalue weighted by molar-refractivity contribution is 6.37. The molecule has 0 aliphatic rings. The number of para-hydroxylation sites is 1. The summed E-state index contributed by atoms with van der Waals surface area (Å²) in [5.74, 6) is 0. The Morgan fingerprint density at radius 1 is 1.24 bits per heavy atom. The summed E-state index contributed by atoms with van der Waals surface area (Å²) in [6, 6.07) is 7.25. The maximum Gasteiger partial charge on any atom is 0.102 e. The Hall–Kier alpha value is -1.03. The third-order valence-electron chi connectivity index (χ3n) is 2.59. The molecule has 1 heterocycles. The zero-order chi connectivity index (χ0) is 12.4. The van der Waals surface area contributed by atoms with Gasteiger partial charge in [0.25, 0.3) is 0 Å². The van der Waals surface area contributed by atoms with Crippen molar-refractivity contribution in [1.82, 2.24) is 9.78 Å². The lowest BCUT2D eigenvalue weighted by Gasteiger charge is -2.14. The van der Waals surface area contributed by atoms with E-state index in [0.717, 1.165) is 5.69 Å². The molecule has 0 spiro atoms. The van der Waals surface area contributed by atoms with Crippen molar-refractivity contribution in [3.63, 3.8) is 0 Å². The molecule has 5 heteroatoms. The van der Waals surface area contributed by atoms with Gasteiger partial charge in [-0.1, -0.05) is 29.3 Å². The highest BCUT2D eigenvalue weighted by Gasteiger charge is 2.16. The Morgan fingerprint density at radius 2 is 1.88 bits per heavy atom. The summed E-state index contributed by atoms with van der Waals surface area (Å²) >= 11 is 12.3. The molecule has 1 aromatic heterocycles. The molecule has 0 radical (unpaired) electrons. The summed E-state index contributed by atoms with van der Waals surface area (Å²) < 4.78 is 7.00. The molecular weight excluding hydrogens is 259 g/mol. The molecule has 3 nitrogen and oxygen atoms in total. The first-order chi connectivity index (χ1) is 8.15. The van der Waals surface area contributed by atoms with Gasteiger partial charge in [0.1, 0.15) is 5.69 Å². The van der Waals surface area contributed by atoms with Crippen LogP contribution in [0.1, 0.15) is 18.7 Å². The van der Waals surface area contributed by atoms with E-state index in [1.54, 1.807) is 36.2 Å². The third kappa shape index (κ3) is 2.32. The Bertz CT molecular complexity index is 505. The van der Waals surface area contributed by atoms with Crippen LogP contribution in [0.25, 0.3) is 5.69 Å². The number of ether oxygens (including phenoxy) is 1. The summed E-state index contributed by atoms with van der Waals surface area (Å²) in [7, 11) is 1.65. The van der Waals surface area contributed by atoms with Gasteiger partial charge in [-0.15, -0.1) is 0 Å². The Labute approximate surface area is 110 Å². The van der Waals surface area contributed by atoms with E-state index in [0.29, 0.717) is 15.7 Å². The van der Waals surface area contributed by atoms with Gasteiger partial charge in [-0.3, -0.25) is 0 Å². The number of nitrogens with zero attached hydrogens (tertiary/aromatic N) is 2. The van der Waals surface area contributed by atoms with Gasteiger partial charge in [-0.05, 0) is 25.1 Å². The van der Waals surface area contributed by atoms with E-state index in [2.05, 4.69) is 5.10 Å². The molecule has 0 N–H and O–H groups in total. The number of methoxy groups -OCH3 is 1. The van der Waals surface area contributed by atoms with Crippen molar-refractivity contribution in [2.75, 3.05) is 7.11 Å². The fourth-order valence-corrected chi connectivity index (χ4v) is 2.18. The van der Waals surface area contributed by atoms with E-state index in [1.807, 2.05) is 13.0 Å². The topological polar surface area (TPSA) is 27.1 Å². The van der Waals surface area contributed by atoms with Gasteiger partial charge in [0, 0.05) is 13.3 Å². The van der Waals surface area contributed by atoms with Crippen LogP contribution in [0.15, 0.2) is 30.5 Å². The van der Waals surface area contributed by atoms with E-state index in [1.165, 1.54) is 0 Å². The molecular formula is C12H12Cl2N2O. The third-order valence-corrected chi connectivity index (χ3v) is 3.20. The molecule has 0 saturated carbocycles. The Kier molecular flexibility index (Phi) is 3.72. The SMILES string of the molecule is COC(C)c1ccnn1-c1c(Cl)cccc1Cl. The van der Waals surface area contributed by atoms with E-state index in [4.69, 9.17) is 27.9 Å². The lowest BCUT2D eigenvalue weighted by atomic mass is 10.2. The van der Waals surface area contributed by atoms with Gasteiger partial charge in [0.05, 0.1) is 21.8 Å². The van der Waals surface area contributed by atoms with E-state index < -0.39 is 0 Å². The fraction of sp³-hybridized carbons (Fsp3) is 0.250. The van der Waals surface area contributed by atoms with Crippen LogP contribution in [0.4, 0.5) is 0 Å². The Morgan fingerprint density at radius 3 is 2.47 bits per heavy atom. The van der Waals surface area contributed by atoms with E-state index >= 15 is 0 Å². The van der Waals surface area contributed by atoms with Crippen LogP contribution in [0.5, 0.6) is 0 Å². The number of hydrogen-bond acceptors (Lipinski definition) is 2. The second-order valence-electron chi connectivity index (χ2n) is 3.62. The van der Waals surface area contributed by atoms with Crippen molar-refractivity contribution < 1.29 is 4.74 Å². The quantitative estimate of drug-likeness (QED) is 0.846. The van der Waals surface area contributed by atoms with Gasteiger partial charge in [0.15, 0.2) is 0 Å². The van der Waals surface area contributed by atoms with Crippen LogP contribution in [0, 0.1) is 0 Å². The molecule has 0 aliphatic heterocycles. The van der Waals surface area contributed by atoms with Crippen molar-refractivity contribution in [1.29, 1.82) is 0 Å². The predicted molar refractivity (Wildman–Crippen MR) is 69.0 cm³/mol. The highest BCUT2D eigenvalue weighted by atomic mass is 35.5. The van der Waals surface area contributed by atoms with Gasteiger partial charge in [-0.25, -0.2) is 4.68 Å². The van der Waals surface area contributed by atoms with Crippen molar-refractivity contribution in [3.8, 4) is 5.69 Å². The van der Waals surface area contributed by atoms with E-state index in [9.17, 15) is 0 Å². The minimum absolute atomic E-state index is 0.0789. The highest BCUT2D eigenvalue weighted by Crippen LogP contribution is 2.30. The molecule has 0 saturated heterocycles. The molecule has 1 atom stereocenters. The zero-order valence-electron chi connectivity index (χ0n) is 9.52. The van der Waals surface area contributed by atoms with Crippen molar-refractivity contribution >= 4 is 23.2 Å².